The minimum absolute atomic E-state index is 0.0901. The van der Waals surface area contributed by atoms with Crippen LogP contribution >= 0.6 is 0 Å². The van der Waals surface area contributed by atoms with Crippen LogP contribution in [0.3, 0.4) is 0 Å². The molecule has 0 saturated heterocycles. The van der Waals surface area contributed by atoms with Gasteiger partial charge in [-0.15, -0.1) is 0 Å². The number of carbonyl (C=O) groups excluding carboxylic acids is 1. The summed E-state index contributed by atoms with van der Waals surface area (Å²) in [6, 6.07) is 13.9. The molecule has 0 spiro atoms. The number of benzene rings is 2. The van der Waals surface area contributed by atoms with Crippen LogP contribution in [0.2, 0.25) is 0 Å². The lowest BCUT2D eigenvalue weighted by molar-refractivity contribution is -0.130. The fourth-order valence-electron chi connectivity index (χ4n) is 1.58. The van der Waals surface area contributed by atoms with Crippen molar-refractivity contribution in [1.82, 2.24) is 0 Å². The van der Waals surface area contributed by atoms with Crippen LogP contribution in [0.25, 0.3) is 11.1 Å². The lowest BCUT2D eigenvalue weighted by Gasteiger charge is -2.07. The van der Waals surface area contributed by atoms with E-state index in [9.17, 15) is 9.18 Å². The van der Waals surface area contributed by atoms with Gasteiger partial charge in [0.1, 0.15) is 0 Å². The lowest BCUT2D eigenvalue weighted by atomic mass is 10.1. The summed E-state index contributed by atoms with van der Waals surface area (Å²) in [4.78, 5) is 11.3. The molecule has 0 aliphatic carbocycles. The van der Waals surface area contributed by atoms with Crippen LogP contribution in [0.4, 0.5) is 4.39 Å². The van der Waals surface area contributed by atoms with Crippen molar-refractivity contribution in [3.63, 3.8) is 0 Å². The van der Waals surface area contributed by atoms with Crippen LogP contribution < -0.4 is 4.74 Å². The summed E-state index contributed by atoms with van der Waals surface area (Å²) in [6.07, 6.45) is 0. The van der Waals surface area contributed by atoms with Gasteiger partial charge in [-0.25, -0.2) is 9.18 Å². The minimum Gasteiger partial charge on any atom is -0.420 e. The summed E-state index contributed by atoms with van der Waals surface area (Å²) in [5.74, 6) is -1.30. The summed E-state index contributed by atoms with van der Waals surface area (Å²) >= 11 is 0. The van der Waals surface area contributed by atoms with Gasteiger partial charge in [0.05, 0.1) is 0 Å². The molecule has 19 heavy (non-hydrogen) atoms. The van der Waals surface area contributed by atoms with Crippen molar-refractivity contribution in [2.45, 2.75) is 6.92 Å². The molecule has 0 saturated carbocycles. The van der Waals surface area contributed by atoms with Crippen LogP contribution in [-0.2, 0) is 4.79 Å². The molecule has 0 radical (unpaired) electrons. The van der Waals surface area contributed by atoms with Crippen LogP contribution in [0, 0.1) is 5.82 Å². The molecule has 0 N–H and O–H groups in total. The van der Waals surface area contributed by atoms with Gasteiger partial charge >= 0.3 is 5.97 Å². The van der Waals surface area contributed by atoms with Gasteiger partial charge in [-0.05, 0) is 30.2 Å². The van der Waals surface area contributed by atoms with Gasteiger partial charge in [-0.3, -0.25) is 0 Å². The second-order valence-corrected chi connectivity index (χ2v) is 4.18. The van der Waals surface area contributed by atoms with Gasteiger partial charge in [0.2, 0.25) is 0 Å². The van der Waals surface area contributed by atoms with Crippen LogP contribution in [-0.4, -0.2) is 5.97 Å². The van der Waals surface area contributed by atoms with Crippen molar-refractivity contribution in [3.05, 3.63) is 66.5 Å². The summed E-state index contributed by atoms with van der Waals surface area (Å²) in [5, 5.41) is 0. The molecule has 0 fully saturated rings. The first-order chi connectivity index (χ1) is 9.08. The molecule has 2 nitrogen and oxygen atoms in total. The van der Waals surface area contributed by atoms with E-state index in [0.717, 1.165) is 11.1 Å². The minimum atomic E-state index is -0.633. The third-order valence-electron chi connectivity index (χ3n) is 2.59. The van der Waals surface area contributed by atoms with Gasteiger partial charge in [-0.1, -0.05) is 43.0 Å². The van der Waals surface area contributed by atoms with Crippen molar-refractivity contribution in [3.8, 4) is 16.9 Å². The number of halogens is 1. The van der Waals surface area contributed by atoms with E-state index in [1.54, 1.807) is 6.07 Å². The second kappa shape index (κ2) is 5.48. The van der Waals surface area contributed by atoms with Gasteiger partial charge < -0.3 is 4.74 Å². The third-order valence-corrected chi connectivity index (χ3v) is 2.59. The van der Waals surface area contributed by atoms with Gasteiger partial charge in [0.15, 0.2) is 11.6 Å². The van der Waals surface area contributed by atoms with Crippen molar-refractivity contribution in [2.75, 3.05) is 0 Å². The molecule has 2 rings (SSSR count). The largest absolute Gasteiger partial charge is 0.420 e. The second-order valence-electron chi connectivity index (χ2n) is 4.18. The van der Waals surface area contributed by atoms with E-state index in [-0.39, 0.29) is 11.3 Å². The Kier molecular flexibility index (Phi) is 3.76. The zero-order chi connectivity index (χ0) is 13.8. The maximum atomic E-state index is 13.9. The molecule has 0 bridgehead atoms. The highest BCUT2D eigenvalue weighted by Gasteiger charge is 2.11. The molecule has 3 heteroatoms. The van der Waals surface area contributed by atoms with Crippen LogP contribution in [0.1, 0.15) is 6.92 Å². The van der Waals surface area contributed by atoms with E-state index in [4.69, 9.17) is 4.74 Å². The van der Waals surface area contributed by atoms with E-state index in [2.05, 4.69) is 6.58 Å². The molecular formula is C16H13FO2. The monoisotopic (exact) mass is 256 g/mol. The molecular weight excluding hydrogens is 243 g/mol. The predicted octanol–water partition coefficient (Wildman–Crippen LogP) is 3.97. The Morgan fingerprint density at radius 3 is 2.37 bits per heavy atom. The Morgan fingerprint density at radius 2 is 1.79 bits per heavy atom. The maximum absolute atomic E-state index is 13.9. The highest BCUT2D eigenvalue weighted by Crippen LogP contribution is 2.25. The SMILES string of the molecule is C=C(C)C(=O)Oc1ccc(-c2ccccc2)cc1F. The zero-order valence-electron chi connectivity index (χ0n) is 10.5. The predicted molar refractivity (Wildman–Crippen MR) is 72.3 cm³/mol. The standard InChI is InChI=1S/C16H13FO2/c1-11(2)16(18)19-15-9-8-13(10-14(15)17)12-6-4-3-5-7-12/h3-10H,1H2,2H3. The molecule has 0 aliphatic rings. The summed E-state index contributed by atoms with van der Waals surface area (Å²) in [6.45, 7) is 4.96. The fraction of sp³-hybridized carbons (Fsp3) is 0.0625. The molecule has 0 aliphatic heterocycles. The highest BCUT2D eigenvalue weighted by atomic mass is 19.1. The molecule has 0 heterocycles. The van der Waals surface area contributed by atoms with Gasteiger partial charge in [0.25, 0.3) is 0 Å². The number of hydrogen-bond donors (Lipinski definition) is 0. The number of esters is 1. The molecule has 2 aromatic rings. The van der Waals surface area contributed by atoms with Crippen LogP contribution in [0.15, 0.2) is 60.7 Å². The molecule has 0 atom stereocenters. The first kappa shape index (κ1) is 13.0. The van der Waals surface area contributed by atoms with Crippen molar-refractivity contribution < 1.29 is 13.9 Å². The normalized spacial score (nSPS) is 10.0. The van der Waals surface area contributed by atoms with Crippen LogP contribution in [0.5, 0.6) is 5.75 Å². The number of carbonyl (C=O) groups is 1. The molecule has 0 aromatic heterocycles. The smallest absolute Gasteiger partial charge is 0.338 e. The first-order valence-corrected chi connectivity index (χ1v) is 5.80. The topological polar surface area (TPSA) is 26.3 Å². The summed E-state index contributed by atoms with van der Waals surface area (Å²) in [5.41, 5.74) is 1.86. The average Bonchev–Trinajstić information content (AvgIpc) is 2.41. The molecule has 0 amide bonds. The maximum Gasteiger partial charge on any atom is 0.338 e. The Balaban J connectivity index is 2.28. The molecule has 96 valence electrons. The van der Waals surface area contributed by atoms with E-state index >= 15 is 0 Å². The lowest BCUT2D eigenvalue weighted by Crippen LogP contribution is -2.09. The quantitative estimate of drug-likeness (QED) is 0.472. The van der Waals surface area contributed by atoms with E-state index in [1.807, 2.05) is 30.3 Å². The molecule has 0 unspecified atom stereocenters. The Labute approximate surface area is 111 Å². The van der Waals surface area contributed by atoms with Gasteiger partial charge in [0, 0.05) is 5.57 Å². The summed E-state index contributed by atoms with van der Waals surface area (Å²) in [7, 11) is 0. The van der Waals surface area contributed by atoms with E-state index in [0.29, 0.717) is 0 Å². The zero-order valence-corrected chi connectivity index (χ0v) is 10.5. The van der Waals surface area contributed by atoms with Crippen molar-refractivity contribution in [2.24, 2.45) is 0 Å². The fourth-order valence-corrected chi connectivity index (χ4v) is 1.58. The Morgan fingerprint density at radius 1 is 1.11 bits per heavy atom. The summed E-state index contributed by atoms with van der Waals surface area (Å²) < 4.78 is 18.7. The Hall–Kier alpha value is -2.42. The third kappa shape index (κ3) is 3.07. The number of rotatable bonds is 3. The average molecular weight is 256 g/mol. The number of ether oxygens (including phenoxy) is 1. The highest BCUT2D eigenvalue weighted by molar-refractivity contribution is 5.88. The van der Waals surface area contributed by atoms with E-state index in [1.165, 1.54) is 19.1 Å². The molecule has 2 aromatic carbocycles. The van der Waals surface area contributed by atoms with Gasteiger partial charge in [-0.2, -0.15) is 0 Å². The Bertz CT molecular complexity index is 618. The van der Waals surface area contributed by atoms with E-state index < -0.39 is 11.8 Å². The number of hydrogen-bond acceptors (Lipinski definition) is 2. The van der Waals surface area contributed by atoms with Crippen molar-refractivity contribution >= 4 is 5.97 Å². The van der Waals surface area contributed by atoms with Crippen molar-refractivity contribution in [1.29, 1.82) is 0 Å². The first-order valence-electron chi connectivity index (χ1n) is 5.80.